The van der Waals surface area contributed by atoms with Crippen LogP contribution in [0.15, 0.2) is 64.6 Å². The number of halogens is 1. The second-order valence-corrected chi connectivity index (χ2v) is 5.80. The molecule has 3 aromatic rings. The molecular weight excluding hydrogens is 368 g/mol. The Morgan fingerprint density at radius 2 is 2.04 bits per heavy atom. The minimum atomic E-state index is -0.468. The Balaban J connectivity index is 1.81. The number of rotatable bonds is 6. The molecule has 3 rings (SSSR count). The van der Waals surface area contributed by atoms with Crippen molar-refractivity contribution in [2.45, 2.75) is 6.92 Å². The first-order chi connectivity index (χ1) is 13.1. The molecule has 0 aliphatic carbocycles. The third-order valence-electron chi connectivity index (χ3n) is 3.64. The Hall–Kier alpha value is -3.32. The number of aromatic nitrogens is 2. The normalized spacial score (nSPS) is 10.9. The number of anilines is 1. The third-order valence-corrected chi connectivity index (χ3v) is 4.00. The van der Waals surface area contributed by atoms with E-state index in [9.17, 15) is 9.90 Å². The summed E-state index contributed by atoms with van der Waals surface area (Å²) in [5.74, 6) is 0.347. The van der Waals surface area contributed by atoms with Crippen molar-refractivity contribution in [3.05, 3.63) is 75.7 Å². The highest BCUT2D eigenvalue weighted by atomic mass is 35.5. The van der Waals surface area contributed by atoms with Crippen molar-refractivity contribution in [2.75, 3.05) is 12.0 Å². The summed E-state index contributed by atoms with van der Waals surface area (Å²) in [7, 11) is 0. The highest BCUT2D eigenvalue weighted by Crippen LogP contribution is 2.28. The lowest BCUT2D eigenvalue weighted by Gasteiger charge is -2.08. The Morgan fingerprint density at radius 1 is 1.26 bits per heavy atom. The maximum atomic E-state index is 12.4. The lowest BCUT2D eigenvalue weighted by Crippen LogP contribution is -2.22. The number of phenolic OH excluding ortho intramolecular Hbond substituents is 1. The Labute approximate surface area is 160 Å². The molecular formula is C19H17ClN4O3. The summed E-state index contributed by atoms with van der Waals surface area (Å²) in [5, 5.41) is 18.2. The molecule has 0 fully saturated rings. The van der Waals surface area contributed by atoms with Gasteiger partial charge in [0, 0.05) is 5.56 Å². The van der Waals surface area contributed by atoms with E-state index < -0.39 is 5.56 Å². The molecule has 8 heteroatoms. The van der Waals surface area contributed by atoms with Crippen LogP contribution in [0.1, 0.15) is 12.5 Å². The molecule has 1 heterocycles. The molecule has 0 bridgehead atoms. The topological polar surface area (TPSA) is 88.7 Å². The van der Waals surface area contributed by atoms with E-state index in [0.717, 1.165) is 0 Å². The molecule has 0 unspecified atom stereocenters. The monoisotopic (exact) mass is 384 g/mol. The number of hydrazone groups is 1. The first-order valence-electron chi connectivity index (χ1n) is 8.19. The highest BCUT2D eigenvalue weighted by Gasteiger charge is 2.10. The Bertz CT molecular complexity index is 1020. The zero-order valence-electron chi connectivity index (χ0n) is 14.5. The summed E-state index contributed by atoms with van der Waals surface area (Å²) in [4.78, 5) is 12.4. The van der Waals surface area contributed by atoms with Gasteiger partial charge in [0.15, 0.2) is 11.5 Å². The maximum absolute atomic E-state index is 12.4. The van der Waals surface area contributed by atoms with Crippen molar-refractivity contribution < 1.29 is 9.84 Å². The van der Waals surface area contributed by atoms with Crippen LogP contribution in [0.5, 0.6) is 11.5 Å². The molecule has 27 heavy (non-hydrogen) atoms. The van der Waals surface area contributed by atoms with Crippen molar-refractivity contribution in [1.82, 2.24) is 9.78 Å². The second-order valence-electron chi connectivity index (χ2n) is 5.42. The molecule has 1 aromatic heterocycles. The van der Waals surface area contributed by atoms with E-state index >= 15 is 0 Å². The van der Waals surface area contributed by atoms with Gasteiger partial charge in [-0.3, -0.25) is 10.2 Å². The number of hydrogen-bond donors (Lipinski definition) is 2. The molecule has 0 spiro atoms. The number of ether oxygens (including phenoxy) is 1. The first-order valence-corrected chi connectivity index (χ1v) is 8.56. The van der Waals surface area contributed by atoms with E-state index in [-0.39, 0.29) is 16.5 Å². The van der Waals surface area contributed by atoms with Crippen LogP contribution in [0.25, 0.3) is 5.69 Å². The molecule has 0 saturated carbocycles. The van der Waals surface area contributed by atoms with Gasteiger partial charge >= 0.3 is 0 Å². The lowest BCUT2D eigenvalue weighted by atomic mass is 10.2. The van der Waals surface area contributed by atoms with E-state index in [1.165, 1.54) is 17.1 Å². The second kappa shape index (κ2) is 8.37. The molecule has 0 atom stereocenters. The van der Waals surface area contributed by atoms with Crippen LogP contribution < -0.4 is 15.7 Å². The van der Waals surface area contributed by atoms with E-state index in [2.05, 4.69) is 15.6 Å². The fourth-order valence-electron chi connectivity index (χ4n) is 2.35. The van der Waals surface area contributed by atoms with Gasteiger partial charge < -0.3 is 9.84 Å². The van der Waals surface area contributed by atoms with Crippen molar-refractivity contribution in [1.29, 1.82) is 0 Å². The van der Waals surface area contributed by atoms with Crippen LogP contribution in [-0.4, -0.2) is 27.7 Å². The van der Waals surface area contributed by atoms with Crippen LogP contribution in [0.4, 0.5) is 5.69 Å². The summed E-state index contributed by atoms with van der Waals surface area (Å²) >= 11 is 6.15. The van der Waals surface area contributed by atoms with Gasteiger partial charge in [-0.15, -0.1) is 0 Å². The van der Waals surface area contributed by atoms with Crippen molar-refractivity contribution >= 4 is 23.5 Å². The number of benzene rings is 2. The van der Waals surface area contributed by atoms with Crippen LogP contribution in [0.3, 0.4) is 0 Å². The first kappa shape index (κ1) is 18.5. The average molecular weight is 385 g/mol. The number of nitrogens with zero attached hydrogens (tertiary/aromatic N) is 3. The highest BCUT2D eigenvalue weighted by molar-refractivity contribution is 6.32. The largest absolute Gasteiger partial charge is 0.504 e. The Morgan fingerprint density at radius 3 is 2.78 bits per heavy atom. The summed E-state index contributed by atoms with van der Waals surface area (Å²) in [6, 6.07) is 14.0. The van der Waals surface area contributed by atoms with E-state index in [0.29, 0.717) is 23.6 Å². The number of aromatic hydroxyl groups is 1. The molecule has 138 valence electrons. The van der Waals surface area contributed by atoms with Crippen LogP contribution >= 0.6 is 11.6 Å². The quantitative estimate of drug-likeness (QED) is 0.502. The molecule has 0 amide bonds. The fraction of sp³-hybridized carbons (Fsp3) is 0.105. The van der Waals surface area contributed by atoms with Crippen molar-refractivity contribution in [3.8, 4) is 17.2 Å². The predicted octanol–water partition coefficient (Wildman–Crippen LogP) is 3.44. The van der Waals surface area contributed by atoms with Crippen LogP contribution in [0.2, 0.25) is 5.02 Å². The minimum Gasteiger partial charge on any atom is -0.504 e. The number of phenols is 1. The minimum absolute atomic E-state index is 0.0198. The number of para-hydroxylation sites is 2. The van der Waals surface area contributed by atoms with Gasteiger partial charge in [-0.2, -0.15) is 14.9 Å². The molecule has 0 radical (unpaired) electrons. The van der Waals surface area contributed by atoms with Gasteiger partial charge in [0.25, 0.3) is 5.56 Å². The van der Waals surface area contributed by atoms with Gasteiger partial charge in [-0.05, 0) is 31.2 Å². The third kappa shape index (κ3) is 4.09. The fourth-order valence-corrected chi connectivity index (χ4v) is 2.52. The standard InChI is InChI=1S/C19H17ClN4O3/c1-2-27-16-10-6-7-13(18(16)25)11-21-23-15-12-22-24(19(26)17(15)20)14-8-4-3-5-9-14/h3-12,23,25H,2H2,1H3/b21-11-. The van der Waals surface area contributed by atoms with Gasteiger partial charge in [0.05, 0.1) is 24.7 Å². The molecule has 2 N–H and O–H groups in total. The predicted molar refractivity (Wildman–Crippen MR) is 105 cm³/mol. The van der Waals surface area contributed by atoms with Crippen molar-refractivity contribution in [3.63, 3.8) is 0 Å². The lowest BCUT2D eigenvalue weighted by molar-refractivity contribution is 0.318. The molecule has 7 nitrogen and oxygen atoms in total. The smallest absolute Gasteiger partial charge is 0.292 e. The molecule has 0 aliphatic heterocycles. The van der Waals surface area contributed by atoms with Gasteiger partial charge in [-0.1, -0.05) is 35.9 Å². The summed E-state index contributed by atoms with van der Waals surface area (Å²) < 4.78 is 6.53. The number of nitrogens with one attached hydrogen (secondary N) is 1. The number of hydrogen-bond acceptors (Lipinski definition) is 6. The van der Waals surface area contributed by atoms with E-state index in [1.54, 1.807) is 42.5 Å². The molecule has 0 saturated heterocycles. The van der Waals surface area contributed by atoms with Gasteiger partial charge in [-0.25, -0.2) is 0 Å². The maximum Gasteiger partial charge on any atom is 0.292 e. The molecule has 2 aromatic carbocycles. The summed E-state index contributed by atoms with van der Waals surface area (Å²) in [6.45, 7) is 2.26. The van der Waals surface area contributed by atoms with Crippen LogP contribution in [0, 0.1) is 0 Å². The molecule has 0 aliphatic rings. The summed E-state index contributed by atoms with van der Waals surface area (Å²) in [5.41, 5.74) is 3.52. The van der Waals surface area contributed by atoms with Crippen molar-refractivity contribution in [2.24, 2.45) is 5.10 Å². The van der Waals surface area contributed by atoms with E-state index in [1.807, 2.05) is 13.0 Å². The zero-order valence-corrected chi connectivity index (χ0v) is 15.2. The zero-order chi connectivity index (χ0) is 19.2. The van der Waals surface area contributed by atoms with E-state index in [4.69, 9.17) is 16.3 Å². The average Bonchev–Trinajstić information content (AvgIpc) is 2.69. The summed E-state index contributed by atoms with van der Waals surface area (Å²) in [6.07, 6.45) is 2.81. The SMILES string of the molecule is CCOc1cccc(/C=N\Nc2cnn(-c3ccccc3)c(=O)c2Cl)c1O. The Kier molecular flexibility index (Phi) is 5.73. The van der Waals surface area contributed by atoms with Crippen LogP contribution in [-0.2, 0) is 0 Å². The van der Waals surface area contributed by atoms with Gasteiger partial charge in [0.2, 0.25) is 0 Å². The van der Waals surface area contributed by atoms with Gasteiger partial charge in [0.1, 0.15) is 10.7 Å².